The van der Waals surface area contributed by atoms with E-state index in [0.29, 0.717) is 0 Å². The highest BCUT2D eigenvalue weighted by molar-refractivity contribution is 5.80. The third-order valence-corrected chi connectivity index (χ3v) is 3.61. The van der Waals surface area contributed by atoms with Crippen LogP contribution in [0.1, 0.15) is 45.5 Å². The molecule has 2 heterocycles. The SMILES string of the molecule is CCc1c(C=O)c(C)n(-c2cc(C)cc(C)n2)c1C. The lowest BCUT2D eigenvalue weighted by molar-refractivity contribution is 0.112. The number of hydrogen-bond acceptors (Lipinski definition) is 2. The summed E-state index contributed by atoms with van der Waals surface area (Å²) in [4.78, 5) is 15.9. The summed E-state index contributed by atoms with van der Waals surface area (Å²) >= 11 is 0. The topological polar surface area (TPSA) is 34.9 Å². The molecule has 2 aromatic heterocycles. The maximum Gasteiger partial charge on any atom is 0.152 e. The minimum Gasteiger partial charge on any atom is -0.302 e. The predicted octanol–water partition coefficient (Wildman–Crippen LogP) is 3.48. The van der Waals surface area contributed by atoms with Gasteiger partial charge in [0, 0.05) is 22.6 Å². The first-order chi connectivity index (χ1) is 8.99. The summed E-state index contributed by atoms with van der Waals surface area (Å²) in [5.41, 5.74) is 6.18. The molecule has 0 N–H and O–H groups in total. The normalized spacial score (nSPS) is 10.8. The second-order valence-electron chi connectivity index (χ2n) is 5.01. The van der Waals surface area contributed by atoms with Gasteiger partial charge in [0.2, 0.25) is 0 Å². The number of carbonyl (C=O) groups excluding carboxylic acids is 1. The molecule has 0 spiro atoms. The number of aryl methyl sites for hydroxylation is 2. The van der Waals surface area contributed by atoms with Crippen molar-refractivity contribution in [2.24, 2.45) is 0 Å². The second kappa shape index (κ2) is 5.00. The smallest absolute Gasteiger partial charge is 0.152 e. The summed E-state index contributed by atoms with van der Waals surface area (Å²) in [7, 11) is 0. The van der Waals surface area contributed by atoms with E-state index in [1.807, 2.05) is 13.8 Å². The zero-order chi connectivity index (χ0) is 14.2. The molecule has 19 heavy (non-hydrogen) atoms. The molecular weight excluding hydrogens is 236 g/mol. The van der Waals surface area contributed by atoms with Crippen molar-refractivity contribution in [2.45, 2.75) is 41.0 Å². The van der Waals surface area contributed by atoms with Gasteiger partial charge in [-0.3, -0.25) is 4.79 Å². The Morgan fingerprint density at radius 1 is 1.16 bits per heavy atom. The molecule has 100 valence electrons. The van der Waals surface area contributed by atoms with Gasteiger partial charge in [0.1, 0.15) is 5.82 Å². The summed E-state index contributed by atoms with van der Waals surface area (Å²) in [6, 6.07) is 4.11. The van der Waals surface area contributed by atoms with Crippen LogP contribution >= 0.6 is 0 Å². The molecule has 2 aromatic rings. The Morgan fingerprint density at radius 3 is 2.32 bits per heavy atom. The number of hydrogen-bond donors (Lipinski definition) is 0. The predicted molar refractivity (Wildman–Crippen MR) is 77.3 cm³/mol. The quantitative estimate of drug-likeness (QED) is 0.788. The highest BCUT2D eigenvalue weighted by Crippen LogP contribution is 2.25. The zero-order valence-electron chi connectivity index (χ0n) is 12.2. The minimum absolute atomic E-state index is 0.806. The standard InChI is InChI=1S/C16H20N2O/c1-6-14-12(4)18(13(5)15(14)9-19)16-8-10(2)7-11(3)17-16/h7-9H,6H2,1-5H3. The van der Waals surface area contributed by atoms with E-state index in [0.717, 1.165) is 46.7 Å². The molecule has 0 fully saturated rings. The van der Waals surface area contributed by atoms with Gasteiger partial charge >= 0.3 is 0 Å². The van der Waals surface area contributed by atoms with Gasteiger partial charge in [-0.1, -0.05) is 6.92 Å². The van der Waals surface area contributed by atoms with Gasteiger partial charge in [0.15, 0.2) is 6.29 Å². The first kappa shape index (κ1) is 13.5. The van der Waals surface area contributed by atoms with E-state index < -0.39 is 0 Å². The molecule has 0 saturated carbocycles. The molecule has 2 rings (SSSR count). The van der Waals surface area contributed by atoms with Crippen molar-refractivity contribution in [3.05, 3.63) is 45.9 Å². The van der Waals surface area contributed by atoms with Gasteiger partial charge in [-0.2, -0.15) is 0 Å². The van der Waals surface area contributed by atoms with Gasteiger partial charge in [-0.15, -0.1) is 0 Å². The molecule has 0 bridgehead atoms. The number of aldehydes is 1. The number of aromatic nitrogens is 2. The molecule has 0 aliphatic carbocycles. The fourth-order valence-corrected chi connectivity index (χ4v) is 2.80. The van der Waals surface area contributed by atoms with Crippen molar-refractivity contribution in [1.82, 2.24) is 9.55 Å². The minimum atomic E-state index is 0.806. The van der Waals surface area contributed by atoms with Crippen molar-refractivity contribution < 1.29 is 4.79 Å². The molecule has 0 amide bonds. The van der Waals surface area contributed by atoms with Crippen molar-refractivity contribution in [1.29, 1.82) is 0 Å². The van der Waals surface area contributed by atoms with E-state index in [9.17, 15) is 4.79 Å². The Labute approximate surface area is 114 Å². The summed E-state index contributed by atoms with van der Waals surface area (Å²) < 4.78 is 2.09. The summed E-state index contributed by atoms with van der Waals surface area (Å²) in [6.07, 6.45) is 1.82. The lowest BCUT2D eigenvalue weighted by atomic mass is 10.1. The molecule has 0 aliphatic rings. The van der Waals surface area contributed by atoms with Crippen LogP contribution in [0.2, 0.25) is 0 Å². The van der Waals surface area contributed by atoms with Crippen LogP contribution in [0.25, 0.3) is 5.82 Å². The summed E-state index contributed by atoms with van der Waals surface area (Å²) in [5.74, 6) is 0.898. The molecule has 0 saturated heterocycles. The Balaban J connectivity index is 2.75. The third-order valence-electron chi connectivity index (χ3n) is 3.61. The lowest BCUT2D eigenvalue weighted by Gasteiger charge is -2.10. The fourth-order valence-electron chi connectivity index (χ4n) is 2.80. The monoisotopic (exact) mass is 256 g/mol. The highest BCUT2D eigenvalue weighted by atomic mass is 16.1. The van der Waals surface area contributed by atoms with Crippen LogP contribution in [0, 0.1) is 27.7 Å². The van der Waals surface area contributed by atoms with Crippen LogP contribution in [0.5, 0.6) is 0 Å². The molecule has 0 atom stereocenters. The van der Waals surface area contributed by atoms with Crippen LogP contribution in [0.15, 0.2) is 12.1 Å². The van der Waals surface area contributed by atoms with Crippen molar-refractivity contribution in [2.75, 3.05) is 0 Å². The number of rotatable bonds is 3. The second-order valence-corrected chi connectivity index (χ2v) is 5.01. The van der Waals surface area contributed by atoms with E-state index in [1.54, 1.807) is 0 Å². The number of carbonyl (C=O) groups is 1. The maximum absolute atomic E-state index is 11.3. The molecule has 0 aromatic carbocycles. The molecule has 3 nitrogen and oxygen atoms in total. The first-order valence-corrected chi connectivity index (χ1v) is 6.61. The number of nitrogens with zero attached hydrogens (tertiary/aromatic N) is 2. The van der Waals surface area contributed by atoms with Gasteiger partial charge in [-0.25, -0.2) is 4.98 Å². The Hall–Kier alpha value is -1.90. The number of pyridine rings is 1. The van der Waals surface area contributed by atoms with E-state index in [2.05, 4.69) is 42.5 Å². The van der Waals surface area contributed by atoms with Crippen LogP contribution in [0.4, 0.5) is 0 Å². The van der Waals surface area contributed by atoms with E-state index >= 15 is 0 Å². The van der Waals surface area contributed by atoms with Crippen molar-refractivity contribution in [3.63, 3.8) is 0 Å². The zero-order valence-corrected chi connectivity index (χ0v) is 12.2. The summed E-state index contributed by atoms with van der Waals surface area (Å²) in [5, 5.41) is 0. The van der Waals surface area contributed by atoms with Gasteiger partial charge in [-0.05, 0) is 57.4 Å². The van der Waals surface area contributed by atoms with Gasteiger partial charge < -0.3 is 4.57 Å². The molecule has 0 radical (unpaired) electrons. The Kier molecular flexibility index (Phi) is 3.56. The Bertz CT molecular complexity index is 618. The first-order valence-electron chi connectivity index (χ1n) is 6.61. The summed E-state index contributed by atoms with van der Waals surface area (Å²) in [6.45, 7) is 10.2. The van der Waals surface area contributed by atoms with Gasteiger partial charge in [0.25, 0.3) is 0 Å². The van der Waals surface area contributed by atoms with Crippen LogP contribution < -0.4 is 0 Å². The van der Waals surface area contributed by atoms with E-state index in [4.69, 9.17) is 0 Å². The van der Waals surface area contributed by atoms with E-state index in [1.165, 1.54) is 5.56 Å². The average molecular weight is 256 g/mol. The van der Waals surface area contributed by atoms with Crippen LogP contribution in [-0.4, -0.2) is 15.8 Å². The van der Waals surface area contributed by atoms with E-state index in [-0.39, 0.29) is 0 Å². The Morgan fingerprint density at radius 2 is 1.84 bits per heavy atom. The highest BCUT2D eigenvalue weighted by Gasteiger charge is 2.17. The van der Waals surface area contributed by atoms with Crippen LogP contribution in [-0.2, 0) is 6.42 Å². The lowest BCUT2D eigenvalue weighted by Crippen LogP contribution is -2.04. The fraction of sp³-hybridized carbons (Fsp3) is 0.375. The van der Waals surface area contributed by atoms with Gasteiger partial charge in [0.05, 0.1) is 0 Å². The molecule has 3 heteroatoms. The van der Waals surface area contributed by atoms with Crippen LogP contribution in [0.3, 0.4) is 0 Å². The average Bonchev–Trinajstić information content (AvgIpc) is 2.58. The maximum atomic E-state index is 11.3. The van der Waals surface area contributed by atoms with Crippen molar-refractivity contribution in [3.8, 4) is 5.82 Å². The van der Waals surface area contributed by atoms with Crippen molar-refractivity contribution >= 4 is 6.29 Å². The molecule has 0 aliphatic heterocycles. The largest absolute Gasteiger partial charge is 0.302 e. The molecular formula is C16H20N2O. The molecule has 0 unspecified atom stereocenters. The third kappa shape index (κ3) is 2.21.